The fourth-order valence-corrected chi connectivity index (χ4v) is 8.09. The molecule has 0 heterocycles. The molecule has 0 amide bonds. The summed E-state index contributed by atoms with van der Waals surface area (Å²) < 4.78 is 0. The number of hydrogen-bond donors (Lipinski definition) is 1. The van der Waals surface area contributed by atoms with Crippen molar-refractivity contribution in [3.05, 3.63) is 0 Å². The lowest BCUT2D eigenvalue weighted by atomic mass is 9.49. The van der Waals surface area contributed by atoms with Crippen molar-refractivity contribution < 1.29 is 14.7 Å². The zero-order chi connectivity index (χ0) is 22.1. The van der Waals surface area contributed by atoms with Gasteiger partial charge < -0.3 is 9.90 Å². The molecule has 8 atom stereocenters. The molecule has 3 aliphatic rings. The van der Waals surface area contributed by atoms with Gasteiger partial charge in [-0.25, -0.2) is 0 Å². The molecule has 1 N–H and O–H groups in total. The molecule has 0 bridgehead atoms. The number of hydrogen-bond acceptors (Lipinski definition) is 3. The molecule has 3 heteroatoms. The minimum Gasteiger partial charge on any atom is -0.393 e. The largest absolute Gasteiger partial charge is 0.393 e. The van der Waals surface area contributed by atoms with Crippen LogP contribution in [0.15, 0.2) is 0 Å². The molecule has 172 valence electrons. The van der Waals surface area contributed by atoms with Crippen molar-refractivity contribution in [3.8, 4) is 0 Å². The Morgan fingerprint density at radius 1 is 1.03 bits per heavy atom. The first-order valence-electron chi connectivity index (χ1n) is 12.8. The number of Topliss-reactive ketones (excluding diaryl/α,β-unsaturated/α-hetero) is 1. The normalized spacial score (nSPS) is 42.9. The second kappa shape index (κ2) is 9.43. The van der Waals surface area contributed by atoms with Gasteiger partial charge in [-0.1, -0.05) is 53.9 Å². The maximum Gasteiger partial charge on any atom is 0.141 e. The monoisotopic (exact) mass is 418 g/mol. The summed E-state index contributed by atoms with van der Waals surface area (Å²) in [6.07, 6.45) is 11.8. The molecular weight excluding hydrogens is 372 g/mol. The van der Waals surface area contributed by atoms with Crippen LogP contribution in [-0.4, -0.2) is 23.3 Å². The van der Waals surface area contributed by atoms with Crippen molar-refractivity contribution in [1.82, 2.24) is 0 Å². The smallest absolute Gasteiger partial charge is 0.141 e. The van der Waals surface area contributed by atoms with Crippen molar-refractivity contribution >= 4 is 12.1 Å². The van der Waals surface area contributed by atoms with Gasteiger partial charge in [0.25, 0.3) is 0 Å². The summed E-state index contributed by atoms with van der Waals surface area (Å²) in [6, 6.07) is 0. The zero-order valence-electron chi connectivity index (χ0n) is 20.2. The van der Waals surface area contributed by atoms with Gasteiger partial charge in [0.2, 0.25) is 0 Å². The Hall–Kier alpha value is -0.700. The Morgan fingerprint density at radius 2 is 1.77 bits per heavy atom. The van der Waals surface area contributed by atoms with Gasteiger partial charge in [-0.3, -0.25) is 4.79 Å². The van der Waals surface area contributed by atoms with Crippen LogP contribution in [-0.2, 0) is 9.59 Å². The molecular formula is C27H46O3. The maximum atomic E-state index is 13.0. The molecule has 0 unspecified atom stereocenters. The second-order valence-electron chi connectivity index (χ2n) is 12.0. The summed E-state index contributed by atoms with van der Waals surface area (Å²) >= 11 is 0. The third-order valence-electron chi connectivity index (χ3n) is 9.88. The van der Waals surface area contributed by atoms with E-state index in [9.17, 15) is 14.7 Å². The van der Waals surface area contributed by atoms with Gasteiger partial charge in [-0.15, -0.1) is 0 Å². The molecule has 3 saturated carbocycles. The quantitative estimate of drug-likeness (QED) is 0.476. The average Bonchev–Trinajstić information content (AvgIpc) is 3.02. The number of aliphatic hydroxyl groups is 1. The molecule has 3 fully saturated rings. The molecule has 0 aromatic carbocycles. The summed E-state index contributed by atoms with van der Waals surface area (Å²) in [7, 11) is 0. The first-order valence-corrected chi connectivity index (χ1v) is 12.8. The lowest BCUT2D eigenvalue weighted by molar-refractivity contribution is -0.146. The standard InChI is InChI=1S/C27H46O3/c1-18(2)7-6-8-19(3)22-9-10-23-21(13-16-28)24(12-15-26(22,23)4)27(5)14-11-20(29)17-25(27)30/h16,18-24,29H,6-15,17H2,1-5H3/t19-,20+,21+,22-,23+,24+,26-,27-/m1/s1. The second-order valence-corrected chi connectivity index (χ2v) is 12.0. The third kappa shape index (κ3) is 4.43. The van der Waals surface area contributed by atoms with Crippen molar-refractivity contribution in [1.29, 1.82) is 0 Å². The van der Waals surface area contributed by atoms with E-state index in [-0.39, 0.29) is 11.2 Å². The fourth-order valence-electron chi connectivity index (χ4n) is 8.09. The molecule has 0 saturated heterocycles. The minimum absolute atomic E-state index is 0.238. The Labute approximate surface area is 184 Å². The lowest BCUT2D eigenvalue weighted by Gasteiger charge is -2.54. The number of aliphatic hydroxyl groups excluding tert-OH is 1. The number of carbonyl (C=O) groups excluding carboxylic acids is 2. The molecule has 3 nitrogen and oxygen atoms in total. The van der Waals surface area contributed by atoms with E-state index in [1.807, 2.05) is 0 Å². The number of fused-ring (bicyclic) bond motifs is 1. The van der Waals surface area contributed by atoms with Gasteiger partial charge in [-0.2, -0.15) is 0 Å². The highest BCUT2D eigenvalue weighted by atomic mass is 16.3. The van der Waals surface area contributed by atoms with Gasteiger partial charge in [0.15, 0.2) is 0 Å². The maximum absolute atomic E-state index is 13.0. The minimum atomic E-state index is -0.466. The molecule has 0 aliphatic heterocycles. The van der Waals surface area contributed by atoms with E-state index in [1.54, 1.807) is 0 Å². The Kier molecular flexibility index (Phi) is 7.53. The molecule has 0 spiro atoms. The molecule has 30 heavy (non-hydrogen) atoms. The Morgan fingerprint density at radius 3 is 2.40 bits per heavy atom. The van der Waals surface area contributed by atoms with Crippen LogP contribution in [0, 0.1) is 46.3 Å². The lowest BCUT2D eigenvalue weighted by Crippen LogP contribution is -2.51. The van der Waals surface area contributed by atoms with E-state index in [4.69, 9.17) is 0 Å². The highest BCUT2D eigenvalue weighted by Crippen LogP contribution is 2.64. The van der Waals surface area contributed by atoms with Gasteiger partial charge in [0.05, 0.1) is 6.10 Å². The topological polar surface area (TPSA) is 54.4 Å². The molecule has 3 rings (SSSR count). The first-order chi connectivity index (χ1) is 14.1. The van der Waals surface area contributed by atoms with E-state index in [1.165, 1.54) is 38.5 Å². The summed E-state index contributed by atoms with van der Waals surface area (Å²) in [6.45, 7) is 11.8. The van der Waals surface area contributed by atoms with E-state index in [2.05, 4.69) is 34.6 Å². The fraction of sp³-hybridized carbons (Fsp3) is 0.926. The highest BCUT2D eigenvalue weighted by molar-refractivity contribution is 5.86. The third-order valence-corrected chi connectivity index (χ3v) is 9.88. The van der Waals surface area contributed by atoms with E-state index in [0.717, 1.165) is 43.3 Å². The Bertz CT molecular complexity index is 613. The number of aldehydes is 1. The predicted molar refractivity (Wildman–Crippen MR) is 122 cm³/mol. The van der Waals surface area contributed by atoms with Crippen molar-refractivity contribution in [2.75, 3.05) is 0 Å². The van der Waals surface area contributed by atoms with Crippen LogP contribution in [0.25, 0.3) is 0 Å². The summed E-state index contributed by atoms with van der Waals surface area (Å²) in [5.41, 5.74) is -0.0375. The van der Waals surface area contributed by atoms with Crippen LogP contribution in [0.5, 0.6) is 0 Å². The predicted octanol–water partition coefficient (Wildman–Crippen LogP) is 6.22. The summed E-state index contributed by atoms with van der Waals surface area (Å²) in [5, 5.41) is 9.99. The van der Waals surface area contributed by atoms with Crippen LogP contribution >= 0.6 is 0 Å². The SMILES string of the molecule is CC(C)CCC[C@@H](C)[C@H]1CC[C@H]2[C@H](CC=O)[C@@H]([C@@]3(C)CC[C@H](O)CC3=O)CC[C@]12C. The Balaban J connectivity index is 1.77. The van der Waals surface area contributed by atoms with Gasteiger partial charge >= 0.3 is 0 Å². The number of rotatable bonds is 8. The highest BCUT2D eigenvalue weighted by Gasteiger charge is 2.58. The van der Waals surface area contributed by atoms with Gasteiger partial charge in [0.1, 0.15) is 12.1 Å². The summed E-state index contributed by atoms with van der Waals surface area (Å²) in [4.78, 5) is 24.8. The van der Waals surface area contributed by atoms with Crippen LogP contribution < -0.4 is 0 Å². The van der Waals surface area contributed by atoms with Crippen molar-refractivity contribution in [3.63, 3.8) is 0 Å². The van der Waals surface area contributed by atoms with Crippen LogP contribution in [0.3, 0.4) is 0 Å². The van der Waals surface area contributed by atoms with Crippen molar-refractivity contribution in [2.45, 2.75) is 111 Å². The number of carbonyl (C=O) groups is 2. The van der Waals surface area contributed by atoms with Crippen LogP contribution in [0.4, 0.5) is 0 Å². The molecule has 0 aromatic rings. The summed E-state index contributed by atoms with van der Waals surface area (Å²) in [5.74, 6) is 3.71. The van der Waals surface area contributed by atoms with Gasteiger partial charge in [0, 0.05) is 18.3 Å². The zero-order valence-corrected chi connectivity index (χ0v) is 20.2. The molecule has 3 aliphatic carbocycles. The van der Waals surface area contributed by atoms with E-state index >= 15 is 0 Å². The van der Waals surface area contributed by atoms with Crippen LogP contribution in [0.1, 0.15) is 105 Å². The van der Waals surface area contributed by atoms with Crippen LogP contribution in [0.2, 0.25) is 0 Å². The van der Waals surface area contributed by atoms with Crippen molar-refractivity contribution in [2.24, 2.45) is 46.3 Å². The van der Waals surface area contributed by atoms with Gasteiger partial charge in [-0.05, 0) is 79.4 Å². The van der Waals surface area contributed by atoms with E-state index < -0.39 is 6.10 Å². The first kappa shape index (κ1) is 24.0. The number of ketones is 1. The molecule has 0 radical (unpaired) electrons. The molecule has 0 aromatic heterocycles. The van der Waals surface area contributed by atoms with E-state index in [0.29, 0.717) is 36.0 Å². The average molecular weight is 419 g/mol.